The molecular weight excluding hydrogens is 356 g/mol. The van der Waals surface area contributed by atoms with E-state index in [0.717, 1.165) is 10.9 Å². The minimum atomic E-state index is -0.168. The van der Waals surface area contributed by atoms with Gasteiger partial charge in [0.1, 0.15) is 6.54 Å². The summed E-state index contributed by atoms with van der Waals surface area (Å²) in [6.07, 6.45) is 0.769. The van der Waals surface area contributed by atoms with E-state index in [0.29, 0.717) is 12.2 Å². The fraction of sp³-hybridized carbons (Fsp3) is 0.222. The van der Waals surface area contributed by atoms with Crippen molar-refractivity contribution in [3.8, 4) is 0 Å². The van der Waals surface area contributed by atoms with Gasteiger partial charge in [-0.05, 0) is 36.2 Å². The van der Waals surface area contributed by atoms with E-state index in [1.807, 2.05) is 54.6 Å². The molecule has 0 aromatic heterocycles. The normalized spacial score (nSPS) is 10.2. The molecule has 0 aliphatic heterocycles. The van der Waals surface area contributed by atoms with Gasteiger partial charge in [0.2, 0.25) is 11.8 Å². The summed E-state index contributed by atoms with van der Waals surface area (Å²) in [5.41, 5.74) is 1.88. The standard InChI is InChI=1S/C18H19BrN2O2/c1-14(22)21(17-9-7-16(19)8-10-17)13-18(23)20-12-11-15-5-3-2-4-6-15/h2-10H,11-13H2,1H3,(H,20,23). The predicted octanol–water partition coefficient (Wildman–Crippen LogP) is 3.16. The van der Waals surface area contributed by atoms with Gasteiger partial charge in [0.05, 0.1) is 0 Å². The molecule has 0 atom stereocenters. The van der Waals surface area contributed by atoms with Gasteiger partial charge in [-0.25, -0.2) is 0 Å². The third-order valence-corrected chi connectivity index (χ3v) is 3.93. The number of nitrogens with zero attached hydrogens (tertiary/aromatic N) is 1. The monoisotopic (exact) mass is 374 g/mol. The van der Waals surface area contributed by atoms with E-state index in [2.05, 4.69) is 21.2 Å². The third kappa shape index (κ3) is 5.53. The number of hydrogen-bond acceptors (Lipinski definition) is 2. The van der Waals surface area contributed by atoms with Crippen molar-refractivity contribution < 1.29 is 9.59 Å². The highest BCUT2D eigenvalue weighted by molar-refractivity contribution is 9.10. The second kappa shape index (κ2) is 8.48. The van der Waals surface area contributed by atoms with Gasteiger partial charge in [-0.2, -0.15) is 0 Å². The first-order valence-corrected chi connectivity index (χ1v) is 8.20. The lowest BCUT2D eigenvalue weighted by Gasteiger charge is -2.20. The van der Waals surface area contributed by atoms with Crippen LogP contribution in [-0.4, -0.2) is 24.9 Å². The van der Waals surface area contributed by atoms with Crippen LogP contribution in [0.3, 0.4) is 0 Å². The van der Waals surface area contributed by atoms with Gasteiger partial charge >= 0.3 is 0 Å². The van der Waals surface area contributed by atoms with Gasteiger partial charge in [-0.3, -0.25) is 9.59 Å². The quantitative estimate of drug-likeness (QED) is 0.843. The number of hydrogen-bond donors (Lipinski definition) is 1. The van der Waals surface area contributed by atoms with Crippen molar-refractivity contribution in [2.45, 2.75) is 13.3 Å². The van der Waals surface area contributed by atoms with Crippen LogP contribution < -0.4 is 10.2 Å². The largest absolute Gasteiger partial charge is 0.354 e. The fourth-order valence-corrected chi connectivity index (χ4v) is 2.46. The molecule has 0 aliphatic carbocycles. The molecule has 0 bridgehead atoms. The van der Waals surface area contributed by atoms with Crippen molar-refractivity contribution in [3.63, 3.8) is 0 Å². The average Bonchev–Trinajstić information content (AvgIpc) is 2.54. The molecule has 120 valence electrons. The Kier molecular flexibility index (Phi) is 6.35. The molecule has 2 amide bonds. The topological polar surface area (TPSA) is 49.4 Å². The van der Waals surface area contributed by atoms with Gasteiger partial charge in [0.15, 0.2) is 0 Å². The number of rotatable bonds is 6. The highest BCUT2D eigenvalue weighted by Crippen LogP contribution is 2.18. The van der Waals surface area contributed by atoms with Crippen LogP contribution in [-0.2, 0) is 16.0 Å². The van der Waals surface area contributed by atoms with Gasteiger partial charge in [0.25, 0.3) is 0 Å². The Bertz CT molecular complexity index is 656. The number of amides is 2. The fourth-order valence-electron chi connectivity index (χ4n) is 2.20. The third-order valence-electron chi connectivity index (χ3n) is 3.40. The number of carbonyl (C=O) groups excluding carboxylic acids is 2. The van der Waals surface area contributed by atoms with Gasteiger partial charge < -0.3 is 10.2 Å². The van der Waals surface area contributed by atoms with Crippen molar-refractivity contribution in [1.82, 2.24) is 5.32 Å². The van der Waals surface area contributed by atoms with Gasteiger partial charge in [0, 0.05) is 23.6 Å². The van der Waals surface area contributed by atoms with E-state index in [9.17, 15) is 9.59 Å². The van der Waals surface area contributed by atoms with Crippen LogP contribution >= 0.6 is 15.9 Å². The SMILES string of the molecule is CC(=O)N(CC(=O)NCCc1ccccc1)c1ccc(Br)cc1. The Balaban J connectivity index is 1.88. The maximum Gasteiger partial charge on any atom is 0.240 e. The molecule has 2 aromatic carbocycles. The Morgan fingerprint density at radius 1 is 1.04 bits per heavy atom. The molecule has 0 radical (unpaired) electrons. The molecule has 0 spiro atoms. The first-order valence-electron chi connectivity index (χ1n) is 7.40. The molecule has 0 fully saturated rings. The number of anilines is 1. The lowest BCUT2D eigenvalue weighted by molar-refractivity contribution is -0.123. The molecule has 2 rings (SSSR count). The van der Waals surface area contributed by atoms with Crippen molar-refractivity contribution in [3.05, 3.63) is 64.6 Å². The summed E-state index contributed by atoms with van der Waals surface area (Å²) in [6.45, 7) is 2.03. The summed E-state index contributed by atoms with van der Waals surface area (Å²) in [5, 5.41) is 2.86. The Labute approximate surface area is 144 Å². The zero-order valence-corrected chi connectivity index (χ0v) is 14.5. The summed E-state index contributed by atoms with van der Waals surface area (Å²) in [6, 6.07) is 17.3. The zero-order chi connectivity index (χ0) is 16.7. The van der Waals surface area contributed by atoms with Crippen LogP contribution in [0.1, 0.15) is 12.5 Å². The van der Waals surface area contributed by atoms with E-state index in [1.54, 1.807) is 0 Å². The van der Waals surface area contributed by atoms with Crippen molar-refractivity contribution in [1.29, 1.82) is 0 Å². The summed E-state index contributed by atoms with van der Waals surface area (Å²) in [5.74, 6) is -0.329. The molecule has 1 N–H and O–H groups in total. The maximum atomic E-state index is 12.1. The van der Waals surface area contributed by atoms with Crippen molar-refractivity contribution in [2.24, 2.45) is 0 Å². The zero-order valence-electron chi connectivity index (χ0n) is 13.0. The number of halogens is 1. The van der Waals surface area contributed by atoms with Crippen LogP contribution in [0.2, 0.25) is 0 Å². The molecule has 23 heavy (non-hydrogen) atoms. The molecule has 2 aromatic rings. The van der Waals surface area contributed by atoms with E-state index in [-0.39, 0.29) is 18.4 Å². The molecule has 0 saturated heterocycles. The minimum Gasteiger partial charge on any atom is -0.354 e. The number of carbonyl (C=O) groups is 2. The maximum absolute atomic E-state index is 12.1. The van der Waals surface area contributed by atoms with Crippen LogP contribution in [0.25, 0.3) is 0 Å². The van der Waals surface area contributed by atoms with Gasteiger partial charge in [-0.15, -0.1) is 0 Å². The van der Waals surface area contributed by atoms with Crippen LogP contribution in [0.4, 0.5) is 5.69 Å². The highest BCUT2D eigenvalue weighted by Gasteiger charge is 2.15. The Morgan fingerprint density at radius 3 is 2.30 bits per heavy atom. The van der Waals surface area contributed by atoms with Crippen molar-refractivity contribution >= 4 is 33.4 Å². The minimum absolute atomic E-state index is 0.0196. The second-order valence-electron chi connectivity index (χ2n) is 5.17. The van der Waals surface area contributed by atoms with Crippen LogP contribution in [0, 0.1) is 0 Å². The summed E-state index contributed by atoms with van der Waals surface area (Å²) < 4.78 is 0.928. The molecule has 0 aliphatic rings. The summed E-state index contributed by atoms with van der Waals surface area (Å²) >= 11 is 3.36. The lowest BCUT2D eigenvalue weighted by Crippen LogP contribution is -2.40. The van der Waals surface area contributed by atoms with Crippen LogP contribution in [0.15, 0.2) is 59.1 Å². The van der Waals surface area contributed by atoms with E-state index >= 15 is 0 Å². The molecule has 5 heteroatoms. The Morgan fingerprint density at radius 2 is 1.70 bits per heavy atom. The first-order chi connectivity index (χ1) is 11.1. The number of benzene rings is 2. The Hall–Kier alpha value is -2.14. The molecule has 0 unspecified atom stereocenters. The van der Waals surface area contributed by atoms with E-state index in [4.69, 9.17) is 0 Å². The smallest absolute Gasteiger partial charge is 0.240 e. The van der Waals surface area contributed by atoms with Crippen LogP contribution in [0.5, 0.6) is 0 Å². The molecule has 4 nitrogen and oxygen atoms in total. The lowest BCUT2D eigenvalue weighted by atomic mass is 10.1. The first kappa shape index (κ1) is 17.2. The summed E-state index contributed by atoms with van der Waals surface area (Å²) in [4.78, 5) is 25.3. The molecule has 0 heterocycles. The van der Waals surface area contributed by atoms with E-state index in [1.165, 1.54) is 17.4 Å². The van der Waals surface area contributed by atoms with E-state index < -0.39 is 0 Å². The molecular formula is C18H19BrN2O2. The highest BCUT2D eigenvalue weighted by atomic mass is 79.9. The number of nitrogens with one attached hydrogen (secondary N) is 1. The van der Waals surface area contributed by atoms with Crippen molar-refractivity contribution in [2.75, 3.05) is 18.0 Å². The molecule has 0 saturated carbocycles. The second-order valence-corrected chi connectivity index (χ2v) is 6.08. The average molecular weight is 375 g/mol. The van der Waals surface area contributed by atoms with Gasteiger partial charge in [-0.1, -0.05) is 46.3 Å². The summed E-state index contributed by atoms with van der Waals surface area (Å²) in [7, 11) is 0. The predicted molar refractivity (Wildman–Crippen MR) is 95.3 cm³/mol.